The first-order chi connectivity index (χ1) is 21.7. The van der Waals surface area contributed by atoms with Crippen LogP contribution >= 0.6 is 11.3 Å². The van der Waals surface area contributed by atoms with Crippen LogP contribution in [0.15, 0.2) is 109 Å². The Morgan fingerprint density at radius 1 is 0.818 bits per heavy atom. The molecule has 0 atom stereocenters. The summed E-state index contributed by atoms with van der Waals surface area (Å²) >= 11 is 1.64. The number of carbonyl (C=O) groups excluding carboxylic acids is 2. The van der Waals surface area contributed by atoms with Gasteiger partial charge in [0, 0.05) is 35.2 Å². The molecule has 1 aliphatic rings. The first kappa shape index (κ1) is 29.5. The Morgan fingerprint density at radius 3 is 2.20 bits per heavy atom. The van der Waals surface area contributed by atoms with Crippen molar-refractivity contribution in [3.63, 3.8) is 0 Å². The molecule has 1 heterocycles. The molecule has 0 aliphatic heterocycles. The maximum absolute atomic E-state index is 12.5. The van der Waals surface area contributed by atoms with Gasteiger partial charge in [0.15, 0.2) is 5.13 Å². The van der Waals surface area contributed by atoms with Crippen LogP contribution in [0.2, 0.25) is 0 Å². The zero-order chi connectivity index (χ0) is 30.1. The fourth-order valence-electron chi connectivity index (χ4n) is 5.91. The normalized spacial score (nSPS) is 13.4. The van der Waals surface area contributed by atoms with Crippen LogP contribution in [0, 0.1) is 0 Å². The predicted molar refractivity (Wildman–Crippen MR) is 181 cm³/mol. The fraction of sp³-hybridized carbons (Fsp3) is 0.237. The Labute approximate surface area is 263 Å². The molecule has 0 saturated heterocycles. The van der Waals surface area contributed by atoms with Gasteiger partial charge in [-0.15, -0.1) is 11.3 Å². The van der Waals surface area contributed by atoms with Gasteiger partial charge in [-0.1, -0.05) is 98.1 Å². The predicted octanol–water partition coefficient (Wildman–Crippen LogP) is 9.18. The van der Waals surface area contributed by atoms with E-state index in [1.54, 1.807) is 11.3 Å². The van der Waals surface area contributed by atoms with E-state index in [0.29, 0.717) is 31.0 Å². The van der Waals surface area contributed by atoms with Crippen LogP contribution in [0.25, 0.3) is 22.4 Å². The number of aldehydes is 1. The average Bonchev–Trinajstić information content (AvgIpc) is 3.59. The molecule has 5 aromatic rings. The minimum atomic E-state index is -0.170. The zero-order valence-corrected chi connectivity index (χ0v) is 25.6. The lowest BCUT2D eigenvalue weighted by Gasteiger charge is -2.25. The highest BCUT2D eigenvalue weighted by Gasteiger charge is 2.19. The molecule has 4 aromatic carbocycles. The Balaban J connectivity index is 1.25. The van der Waals surface area contributed by atoms with Gasteiger partial charge < -0.3 is 15.0 Å². The first-order valence-corrected chi connectivity index (χ1v) is 16.4. The molecule has 1 aromatic heterocycles. The number of rotatable bonds is 11. The number of aromatic nitrogens is 1. The Hall–Kier alpha value is -4.55. The van der Waals surface area contributed by atoms with Crippen molar-refractivity contribution in [1.29, 1.82) is 0 Å². The molecule has 6 rings (SSSR count). The smallest absolute Gasteiger partial charge is 0.251 e. The van der Waals surface area contributed by atoms with Crippen molar-refractivity contribution in [2.45, 2.75) is 51.0 Å². The topological polar surface area (TPSA) is 62.3 Å². The molecular formula is C38H37N3O2S. The maximum atomic E-state index is 12.5. The molecule has 0 spiro atoms. The summed E-state index contributed by atoms with van der Waals surface area (Å²) in [6, 6.07) is 35.7. The highest BCUT2D eigenvalue weighted by atomic mass is 32.1. The molecule has 222 valence electrons. The van der Waals surface area contributed by atoms with Gasteiger partial charge in [0.05, 0.1) is 12.2 Å². The highest BCUT2D eigenvalue weighted by Crippen LogP contribution is 2.37. The number of benzene rings is 4. The molecule has 0 radical (unpaired) electrons. The van der Waals surface area contributed by atoms with E-state index in [1.807, 2.05) is 30.3 Å². The van der Waals surface area contributed by atoms with E-state index in [1.165, 1.54) is 48.8 Å². The number of anilines is 2. The van der Waals surface area contributed by atoms with Crippen LogP contribution in [0.4, 0.5) is 10.8 Å². The van der Waals surface area contributed by atoms with Gasteiger partial charge in [0.1, 0.15) is 6.29 Å². The fourth-order valence-corrected chi connectivity index (χ4v) is 6.76. The lowest BCUT2D eigenvalue weighted by Crippen LogP contribution is -2.24. The van der Waals surface area contributed by atoms with Crippen LogP contribution < -0.4 is 10.2 Å². The lowest BCUT2D eigenvalue weighted by molar-refractivity contribution is -0.107. The molecule has 5 nitrogen and oxygen atoms in total. The molecular weight excluding hydrogens is 563 g/mol. The van der Waals surface area contributed by atoms with Crippen molar-refractivity contribution in [3.05, 3.63) is 125 Å². The zero-order valence-electron chi connectivity index (χ0n) is 24.8. The van der Waals surface area contributed by atoms with E-state index in [4.69, 9.17) is 4.98 Å². The minimum Gasteiger partial charge on any atom is -0.352 e. The summed E-state index contributed by atoms with van der Waals surface area (Å²) in [5.74, 6) is 0.484. The Bertz CT molecular complexity index is 1660. The molecule has 1 fully saturated rings. The maximum Gasteiger partial charge on any atom is 0.251 e. The Morgan fingerprint density at radius 2 is 1.50 bits per heavy atom. The van der Waals surface area contributed by atoms with Gasteiger partial charge in [-0.05, 0) is 65.3 Å². The number of hydrogen-bond acceptors (Lipinski definition) is 5. The summed E-state index contributed by atoms with van der Waals surface area (Å²) in [5, 5.41) is 5.84. The van der Waals surface area contributed by atoms with E-state index < -0.39 is 0 Å². The summed E-state index contributed by atoms with van der Waals surface area (Å²) < 4.78 is 0. The van der Waals surface area contributed by atoms with Crippen LogP contribution in [0.3, 0.4) is 0 Å². The van der Waals surface area contributed by atoms with Gasteiger partial charge in [0.2, 0.25) is 0 Å². The summed E-state index contributed by atoms with van der Waals surface area (Å²) in [7, 11) is 0. The molecule has 44 heavy (non-hydrogen) atoms. The van der Waals surface area contributed by atoms with Gasteiger partial charge >= 0.3 is 0 Å². The van der Waals surface area contributed by atoms with Gasteiger partial charge in [-0.3, -0.25) is 4.79 Å². The molecule has 6 heteroatoms. The van der Waals surface area contributed by atoms with Crippen LogP contribution in [-0.2, 0) is 11.3 Å². The second-order valence-corrected chi connectivity index (χ2v) is 12.2. The number of amides is 1. The third-order valence-corrected chi connectivity index (χ3v) is 9.26. The van der Waals surface area contributed by atoms with Crippen molar-refractivity contribution in [2.24, 2.45) is 0 Å². The molecule has 1 N–H and O–H groups in total. The van der Waals surface area contributed by atoms with E-state index in [2.05, 4.69) is 88.4 Å². The molecule has 1 aliphatic carbocycles. The molecule has 1 saturated carbocycles. The van der Waals surface area contributed by atoms with Crippen molar-refractivity contribution < 1.29 is 9.59 Å². The number of hydrogen-bond donors (Lipinski definition) is 1. The molecule has 1 amide bonds. The SMILES string of the molecule is O=CCCNC(=O)c1ccc(CN(c2ccc(C3CCCCC3)cc2)c2nc(-c3ccc(-c4ccccc4)cc3)cs2)cc1. The number of nitrogens with zero attached hydrogens (tertiary/aromatic N) is 2. The van der Waals surface area contributed by atoms with Crippen molar-refractivity contribution in [1.82, 2.24) is 10.3 Å². The van der Waals surface area contributed by atoms with Crippen molar-refractivity contribution >= 4 is 34.3 Å². The number of carbonyl (C=O) groups is 2. The highest BCUT2D eigenvalue weighted by molar-refractivity contribution is 7.14. The third kappa shape index (κ3) is 7.14. The minimum absolute atomic E-state index is 0.170. The van der Waals surface area contributed by atoms with E-state index in [0.717, 1.165) is 33.9 Å². The van der Waals surface area contributed by atoms with Crippen molar-refractivity contribution in [3.8, 4) is 22.4 Å². The van der Waals surface area contributed by atoms with Crippen LogP contribution in [0.5, 0.6) is 0 Å². The van der Waals surface area contributed by atoms with Gasteiger partial charge in [-0.25, -0.2) is 4.98 Å². The molecule has 0 unspecified atom stereocenters. The standard InChI is InChI=1S/C38H37N3O2S/c42-25-7-24-39-37(43)34-14-12-28(13-15-34)26-41(35-22-20-32(21-23-35)30-10-5-2-6-11-30)38-40-36(27-44-38)33-18-16-31(17-19-33)29-8-3-1-4-9-29/h1,3-4,8-9,12-23,25,27,30H,2,5-7,10-11,24,26H2,(H,39,43). The summed E-state index contributed by atoms with van der Waals surface area (Å²) in [5.41, 5.74) is 8.61. The van der Waals surface area contributed by atoms with Gasteiger partial charge in [-0.2, -0.15) is 0 Å². The summed E-state index contributed by atoms with van der Waals surface area (Å²) in [6.07, 6.45) is 7.65. The number of nitrogens with one attached hydrogen (secondary N) is 1. The quantitative estimate of drug-likeness (QED) is 0.121. The Kier molecular flexibility index (Phi) is 9.58. The number of thiazole rings is 1. The van der Waals surface area contributed by atoms with Crippen molar-refractivity contribution in [2.75, 3.05) is 11.4 Å². The second-order valence-electron chi connectivity index (χ2n) is 11.4. The summed E-state index contributed by atoms with van der Waals surface area (Å²) in [6.45, 7) is 0.964. The first-order valence-electron chi connectivity index (χ1n) is 15.5. The monoisotopic (exact) mass is 599 g/mol. The largest absolute Gasteiger partial charge is 0.352 e. The van der Waals surface area contributed by atoms with E-state index in [9.17, 15) is 9.59 Å². The van der Waals surface area contributed by atoms with E-state index >= 15 is 0 Å². The lowest BCUT2D eigenvalue weighted by atomic mass is 9.84. The second kappa shape index (κ2) is 14.3. The average molecular weight is 600 g/mol. The van der Waals surface area contributed by atoms with Gasteiger partial charge in [0.25, 0.3) is 5.91 Å². The molecule has 0 bridgehead atoms. The van der Waals surface area contributed by atoms with E-state index in [-0.39, 0.29) is 5.91 Å². The third-order valence-electron chi connectivity index (χ3n) is 8.40. The van der Waals surface area contributed by atoms with Crippen LogP contribution in [-0.4, -0.2) is 23.7 Å². The summed E-state index contributed by atoms with van der Waals surface area (Å²) in [4.78, 5) is 30.4. The van der Waals surface area contributed by atoms with Crippen LogP contribution in [0.1, 0.15) is 65.9 Å².